The maximum Gasteiger partial charge on any atom is 0.272 e. The number of carbonyl (C=O) groups is 2. The summed E-state index contributed by atoms with van der Waals surface area (Å²) < 4.78 is 0. The standard InChI is InChI=1S/C16H16N6O2/c1-11(19-21-15(23)13-5-3-7-17-9-13)12(2)20-22-16(24)14-6-4-8-18-10-14/h3-10H,1-2H3,(H,21,23)(H,22,24)/b19-11+,20-12+. The fourth-order valence-corrected chi connectivity index (χ4v) is 1.55. The Labute approximate surface area is 138 Å². The van der Waals surface area contributed by atoms with Crippen LogP contribution in [0.15, 0.2) is 59.3 Å². The molecule has 8 heteroatoms. The Kier molecular flexibility index (Phi) is 5.84. The van der Waals surface area contributed by atoms with Gasteiger partial charge in [0, 0.05) is 24.8 Å². The van der Waals surface area contributed by atoms with E-state index in [0.717, 1.165) is 0 Å². The number of aromatic nitrogens is 2. The van der Waals surface area contributed by atoms with Crippen LogP contribution in [0.2, 0.25) is 0 Å². The normalized spacial score (nSPS) is 11.8. The van der Waals surface area contributed by atoms with Crippen molar-refractivity contribution in [2.75, 3.05) is 0 Å². The molecule has 0 aliphatic rings. The molecule has 2 aromatic rings. The molecule has 0 atom stereocenters. The van der Waals surface area contributed by atoms with Crippen LogP contribution in [-0.2, 0) is 0 Å². The van der Waals surface area contributed by atoms with Crippen LogP contribution in [0.1, 0.15) is 34.6 Å². The van der Waals surface area contributed by atoms with E-state index in [2.05, 4.69) is 31.0 Å². The van der Waals surface area contributed by atoms with Crippen LogP contribution in [0.3, 0.4) is 0 Å². The highest BCUT2D eigenvalue weighted by molar-refractivity contribution is 6.40. The number of hydrazone groups is 2. The molecule has 2 rings (SSSR count). The minimum atomic E-state index is -0.380. The van der Waals surface area contributed by atoms with E-state index in [-0.39, 0.29) is 11.8 Å². The second kappa shape index (κ2) is 8.28. The molecule has 0 aromatic carbocycles. The SMILES string of the molecule is CC(=N\NC(=O)c1cccnc1)/C(C)=N/NC(=O)c1cccnc1. The monoisotopic (exact) mass is 324 g/mol. The Bertz CT molecular complexity index is 704. The summed E-state index contributed by atoms with van der Waals surface area (Å²) in [6, 6.07) is 6.57. The maximum absolute atomic E-state index is 11.8. The third-order valence-electron chi connectivity index (χ3n) is 3.02. The van der Waals surface area contributed by atoms with Crippen molar-refractivity contribution in [2.24, 2.45) is 10.2 Å². The summed E-state index contributed by atoms with van der Waals surface area (Å²) >= 11 is 0. The summed E-state index contributed by atoms with van der Waals surface area (Å²) in [6.45, 7) is 3.33. The molecule has 2 N–H and O–H groups in total. The second-order valence-corrected chi connectivity index (χ2v) is 4.76. The van der Waals surface area contributed by atoms with Crippen LogP contribution >= 0.6 is 0 Å². The topological polar surface area (TPSA) is 109 Å². The summed E-state index contributed by atoms with van der Waals surface area (Å²) in [5.74, 6) is -0.760. The molecule has 2 aromatic heterocycles. The quantitative estimate of drug-likeness (QED) is 0.640. The van der Waals surface area contributed by atoms with Crippen molar-refractivity contribution in [3.05, 3.63) is 60.2 Å². The molecule has 0 aliphatic carbocycles. The molecular formula is C16H16N6O2. The summed E-state index contributed by atoms with van der Waals surface area (Å²) in [5, 5.41) is 7.89. The molecule has 0 saturated heterocycles. The zero-order valence-corrected chi connectivity index (χ0v) is 13.2. The largest absolute Gasteiger partial charge is 0.272 e. The lowest BCUT2D eigenvalue weighted by Crippen LogP contribution is -2.24. The minimum Gasteiger partial charge on any atom is -0.267 e. The summed E-state index contributed by atoms with van der Waals surface area (Å²) in [4.78, 5) is 31.4. The zero-order valence-electron chi connectivity index (χ0n) is 13.2. The first kappa shape index (κ1) is 16.9. The molecule has 0 fully saturated rings. The third kappa shape index (κ3) is 4.80. The number of nitrogens with one attached hydrogen (secondary N) is 2. The van der Waals surface area contributed by atoms with E-state index in [4.69, 9.17) is 0 Å². The first-order valence-electron chi connectivity index (χ1n) is 7.07. The van der Waals surface area contributed by atoms with Gasteiger partial charge in [0.2, 0.25) is 0 Å². The van der Waals surface area contributed by atoms with Crippen molar-refractivity contribution < 1.29 is 9.59 Å². The minimum absolute atomic E-state index is 0.380. The molecular weight excluding hydrogens is 308 g/mol. The Morgan fingerprint density at radius 2 is 1.25 bits per heavy atom. The number of rotatable bonds is 5. The van der Waals surface area contributed by atoms with E-state index < -0.39 is 0 Å². The smallest absolute Gasteiger partial charge is 0.267 e. The molecule has 2 heterocycles. The molecule has 0 aliphatic heterocycles. The highest BCUT2D eigenvalue weighted by Gasteiger charge is 2.06. The Morgan fingerprint density at radius 3 is 1.58 bits per heavy atom. The number of pyridine rings is 2. The average molecular weight is 324 g/mol. The predicted molar refractivity (Wildman–Crippen MR) is 89.6 cm³/mol. The number of amides is 2. The molecule has 0 bridgehead atoms. The van der Waals surface area contributed by atoms with Crippen molar-refractivity contribution >= 4 is 23.2 Å². The summed E-state index contributed by atoms with van der Waals surface area (Å²) in [6.07, 6.45) is 6.03. The molecule has 2 amide bonds. The first-order chi connectivity index (χ1) is 11.6. The van der Waals surface area contributed by atoms with Crippen LogP contribution < -0.4 is 10.9 Å². The number of hydrogen-bond acceptors (Lipinski definition) is 6. The Balaban J connectivity index is 1.94. The van der Waals surface area contributed by atoms with Gasteiger partial charge in [0.25, 0.3) is 11.8 Å². The molecule has 122 valence electrons. The third-order valence-corrected chi connectivity index (χ3v) is 3.02. The van der Waals surface area contributed by atoms with E-state index in [1.54, 1.807) is 50.5 Å². The maximum atomic E-state index is 11.8. The molecule has 0 unspecified atom stereocenters. The van der Waals surface area contributed by atoms with Crippen molar-refractivity contribution in [1.82, 2.24) is 20.8 Å². The van der Waals surface area contributed by atoms with Gasteiger partial charge in [-0.2, -0.15) is 10.2 Å². The van der Waals surface area contributed by atoms with Gasteiger partial charge in [0.05, 0.1) is 22.6 Å². The van der Waals surface area contributed by atoms with Gasteiger partial charge in [-0.05, 0) is 38.1 Å². The Morgan fingerprint density at radius 1 is 0.833 bits per heavy atom. The lowest BCUT2D eigenvalue weighted by Gasteiger charge is -2.03. The number of hydrogen-bond donors (Lipinski definition) is 2. The average Bonchev–Trinajstić information content (AvgIpc) is 2.64. The molecule has 0 spiro atoms. The van der Waals surface area contributed by atoms with Gasteiger partial charge in [-0.3, -0.25) is 19.6 Å². The lowest BCUT2D eigenvalue weighted by atomic mass is 10.3. The van der Waals surface area contributed by atoms with Crippen molar-refractivity contribution in [2.45, 2.75) is 13.8 Å². The van der Waals surface area contributed by atoms with Crippen molar-refractivity contribution in [3.8, 4) is 0 Å². The molecule has 0 radical (unpaired) electrons. The van der Waals surface area contributed by atoms with Gasteiger partial charge < -0.3 is 0 Å². The van der Waals surface area contributed by atoms with E-state index in [1.807, 2.05) is 0 Å². The van der Waals surface area contributed by atoms with E-state index >= 15 is 0 Å². The van der Waals surface area contributed by atoms with Crippen LogP contribution in [0.5, 0.6) is 0 Å². The summed E-state index contributed by atoms with van der Waals surface area (Å²) in [5.41, 5.74) is 6.52. The first-order valence-corrected chi connectivity index (χ1v) is 7.07. The fourth-order valence-electron chi connectivity index (χ4n) is 1.55. The second-order valence-electron chi connectivity index (χ2n) is 4.76. The van der Waals surface area contributed by atoms with Gasteiger partial charge in [-0.15, -0.1) is 0 Å². The molecule has 24 heavy (non-hydrogen) atoms. The van der Waals surface area contributed by atoms with Crippen LogP contribution in [0, 0.1) is 0 Å². The molecule has 0 saturated carbocycles. The van der Waals surface area contributed by atoms with Gasteiger partial charge in [-0.25, -0.2) is 10.9 Å². The fraction of sp³-hybridized carbons (Fsp3) is 0.125. The van der Waals surface area contributed by atoms with Gasteiger partial charge in [-0.1, -0.05) is 0 Å². The molecule has 8 nitrogen and oxygen atoms in total. The zero-order chi connectivity index (χ0) is 17.4. The van der Waals surface area contributed by atoms with Gasteiger partial charge in [0.15, 0.2) is 0 Å². The van der Waals surface area contributed by atoms with Crippen LogP contribution in [0.4, 0.5) is 0 Å². The predicted octanol–water partition coefficient (Wildman–Crippen LogP) is 1.39. The number of nitrogens with zero attached hydrogens (tertiary/aromatic N) is 4. The van der Waals surface area contributed by atoms with Gasteiger partial charge in [0.1, 0.15) is 0 Å². The van der Waals surface area contributed by atoms with E-state index in [1.165, 1.54) is 12.4 Å². The van der Waals surface area contributed by atoms with Gasteiger partial charge >= 0.3 is 0 Å². The van der Waals surface area contributed by atoms with E-state index in [0.29, 0.717) is 22.6 Å². The Hall–Kier alpha value is -3.42. The van der Waals surface area contributed by atoms with Crippen LogP contribution in [0.25, 0.3) is 0 Å². The lowest BCUT2D eigenvalue weighted by molar-refractivity contribution is 0.0946. The highest BCUT2D eigenvalue weighted by atomic mass is 16.2. The summed E-state index contributed by atoms with van der Waals surface area (Å²) in [7, 11) is 0. The van der Waals surface area contributed by atoms with E-state index in [9.17, 15) is 9.59 Å². The van der Waals surface area contributed by atoms with Crippen LogP contribution in [-0.4, -0.2) is 33.2 Å². The number of carbonyl (C=O) groups excluding carboxylic acids is 2. The highest BCUT2D eigenvalue weighted by Crippen LogP contribution is 1.96. The van der Waals surface area contributed by atoms with Crippen molar-refractivity contribution in [3.63, 3.8) is 0 Å². The van der Waals surface area contributed by atoms with Crippen molar-refractivity contribution in [1.29, 1.82) is 0 Å².